The number of fused-ring (bicyclic) bond motifs is 7. The van der Waals surface area contributed by atoms with Crippen molar-refractivity contribution >= 4 is 5.97 Å². The third-order valence-electron chi connectivity index (χ3n) is 13.0. The number of allylic oxidation sites excluding steroid dienone is 4. The molecule has 3 saturated carbocycles. The first-order chi connectivity index (χ1) is 16.2. The molecule has 5 aliphatic carbocycles. The van der Waals surface area contributed by atoms with Crippen LogP contribution in [0, 0.1) is 56.7 Å². The Morgan fingerprint density at radius 1 is 0.971 bits per heavy atom. The zero-order valence-corrected chi connectivity index (χ0v) is 24.2. The van der Waals surface area contributed by atoms with Crippen molar-refractivity contribution in [1.29, 1.82) is 0 Å². The van der Waals surface area contributed by atoms with Crippen LogP contribution < -0.4 is 0 Å². The molecule has 0 N–H and O–H groups in total. The zero-order valence-electron chi connectivity index (χ0n) is 24.2. The largest absolute Gasteiger partial charge is 0.463 e. The lowest BCUT2D eigenvalue weighted by Crippen LogP contribution is -2.64. The molecule has 0 bridgehead atoms. The Bertz CT molecular complexity index is 941. The van der Waals surface area contributed by atoms with Gasteiger partial charge in [0.25, 0.3) is 0 Å². The maximum Gasteiger partial charge on any atom is 0.312 e. The van der Waals surface area contributed by atoms with Gasteiger partial charge in [-0.15, -0.1) is 0 Å². The Kier molecular flexibility index (Phi) is 5.83. The molecule has 2 heteroatoms. The van der Waals surface area contributed by atoms with E-state index >= 15 is 0 Å². The molecule has 0 saturated heterocycles. The second-order valence-corrected chi connectivity index (χ2v) is 15.2. The molecule has 3 fully saturated rings. The highest BCUT2D eigenvalue weighted by atomic mass is 16.5. The van der Waals surface area contributed by atoms with Gasteiger partial charge in [-0.3, -0.25) is 4.79 Å². The fourth-order valence-corrected chi connectivity index (χ4v) is 10.8. The van der Waals surface area contributed by atoms with Crippen LogP contribution in [0.2, 0.25) is 0 Å². The van der Waals surface area contributed by atoms with E-state index in [-0.39, 0.29) is 33.7 Å². The first kappa shape index (κ1) is 25.6. The van der Waals surface area contributed by atoms with Gasteiger partial charge in [-0.25, -0.2) is 0 Å². The van der Waals surface area contributed by atoms with Crippen molar-refractivity contribution < 1.29 is 9.53 Å². The van der Waals surface area contributed by atoms with Crippen molar-refractivity contribution in [2.24, 2.45) is 56.7 Å². The highest BCUT2D eigenvalue weighted by molar-refractivity contribution is 5.79. The van der Waals surface area contributed by atoms with Crippen molar-refractivity contribution in [3.8, 4) is 0 Å². The Balaban J connectivity index is 1.61. The molecule has 0 radical (unpaired) electrons. The highest BCUT2D eigenvalue weighted by Crippen LogP contribution is 2.75. The van der Waals surface area contributed by atoms with Gasteiger partial charge in [0.05, 0.1) is 11.5 Å². The van der Waals surface area contributed by atoms with E-state index in [9.17, 15) is 4.79 Å². The van der Waals surface area contributed by atoms with E-state index in [0.29, 0.717) is 29.1 Å². The Labute approximate surface area is 215 Å². The van der Waals surface area contributed by atoms with Gasteiger partial charge in [-0.1, -0.05) is 72.3 Å². The molecular weight excluding hydrogens is 428 g/mol. The first-order valence-corrected chi connectivity index (χ1v) is 14.8. The third-order valence-corrected chi connectivity index (χ3v) is 13.0. The van der Waals surface area contributed by atoms with Crippen molar-refractivity contribution in [3.05, 3.63) is 23.8 Å². The molecular formula is C33H52O2. The van der Waals surface area contributed by atoms with Crippen molar-refractivity contribution in [2.45, 2.75) is 120 Å². The van der Waals surface area contributed by atoms with Crippen molar-refractivity contribution in [3.63, 3.8) is 0 Å². The molecule has 5 rings (SSSR count). The van der Waals surface area contributed by atoms with Crippen LogP contribution in [0.1, 0.15) is 114 Å². The summed E-state index contributed by atoms with van der Waals surface area (Å²) in [7, 11) is 0. The second kappa shape index (κ2) is 7.97. The standard InChI is InChI=1S/C33H52O2/c1-21(2)35-28(34)33-18-13-22(3)23(4)27(33)24-11-12-26-30(7)16-10-15-29(5,6)25(30)14-17-32(26,9)31(24,8)19-20-33/h10-11,15,21-23,25-27H,12-14,16-20H2,1-9H3/t22-,23+,25+,26-,27+,30+,31-,32-,33+/m1/s1. The molecule has 35 heavy (non-hydrogen) atoms. The predicted octanol–water partition coefficient (Wildman–Crippen LogP) is 8.76. The predicted molar refractivity (Wildman–Crippen MR) is 145 cm³/mol. The van der Waals surface area contributed by atoms with Gasteiger partial charge in [0.15, 0.2) is 0 Å². The van der Waals surface area contributed by atoms with Gasteiger partial charge in [-0.05, 0) is 116 Å². The molecule has 5 aliphatic rings. The minimum Gasteiger partial charge on any atom is -0.463 e. The van der Waals surface area contributed by atoms with Crippen LogP contribution in [0.25, 0.3) is 0 Å². The fraction of sp³-hybridized carbons (Fsp3) is 0.848. The number of hydrogen-bond donors (Lipinski definition) is 0. The van der Waals surface area contributed by atoms with Crippen LogP contribution >= 0.6 is 0 Å². The van der Waals surface area contributed by atoms with Gasteiger partial charge in [0.2, 0.25) is 0 Å². The van der Waals surface area contributed by atoms with Gasteiger partial charge >= 0.3 is 5.97 Å². The summed E-state index contributed by atoms with van der Waals surface area (Å²) in [6.45, 7) is 21.7. The lowest BCUT2D eigenvalue weighted by atomic mass is 9.34. The van der Waals surface area contributed by atoms with Crippen LogP contribution in [0.3, 0.4) is 0 Å². The van der Waals surface area contributed by atoms with Gasteiger partial charge in [0.1, 0.15) is 0 Å². The van der Waals surface area contributed by atoms with Gasteiger partial charge in [0, 0.05) is 0 Å². The lowest BCUT2D eigenvalue weighted by molar-refractivity contribution is -0.186. The molecule has 0 amide bonds. The van der Waals surface area contributed by atoms with Crippen LogP contribution in [-0.4, -0.2) is 12.1 Å². The van der Waals surface area contributed by atoms with E-state index in [1.807, 2.05) is 13.8 Å². The summed E-state index contributed by atoms with van der Waals surface area (Å²) in [5, 5.41) is 0. The molecule has 0 heterocycles. The van der Waals surface area contributed by atoms with Crippen LogP contribution in [0.4, 0.5) is 0 Å². The Hall–Kier alpha value is -1.05. The quantitative estimate of drug-likeness (QED) is 0.292. The number of carbonyl (C=O) groups is 1. The van der Waals surface area contributed by atoms with Crippen molar-refractivity contribution in [1.82, 2.24) is 0 Å². The summed E-state index contributed by atoms with van der Waals surface area (Å²) in [5.74, 6) is 3.08. The molecule has 196 valence electrons. The van der Waals surface area contributed by atoms with Crippen LogP contribution in [0.5, 0.6) is 0 Å². The van der Waals surface area contributed by atoms with E-state index in [4.69, 9.17) is 4.74 Å². The summed E-state index contributed by atoms with van der Waals surface area (Å²) in [6, 6.07) is 0. The van der Waals surface area contributed by atoms with E-state index in [1.54, 1.807) is 5.57 Å². The molecule has 9 atom stereocenters. The van der Waals surface area contributed by atoms with E-state index in [2.05, 4.69) is 66.7 Å². The Morgan fingerprint density at radius 2 is 1.69 bits per heavy atom. The molecule has 0 spiro atoms. The smallest absolute Gasteiger partial charge is 0.312 e. The molecule has 2 nitrogen and oxygen atoms in total. The van der Waals surface area contributed by atoms with E-state index in [1.165, 1.54) is 25.7 Å². The molecule has 0 aliphatic heterocycles. The number of carbonyl (C=O) groups excluding carboxylic acids is 1. The second-order valence-electron chi connectivity index (χ2n) is 15.2. The first-order valence-electron chi connectivity index (χ1n) is 14.8. The summed E-state index contributed by atoms with van der Waals surface area (Å²) < 4.78 is 6.01. The van der Waals surface area contributed by atoms with Crippen molar-refractivity contribution in [2.75, 3.05) is 0 Å². The fourth-order valence-electron chi connectivity index (χ4n) is 10.8. The highest BCUT2D eigenvalue weighted by Gasteiger charge is 2.68. The number of esters is 1. The van der Waals surface area contributed by atoms with Crippen LogP contribution in [-0.2, 0) is 9.53 Å². The van der Waals surface area contributed by atoms with Gasteiger partial charge in [-0.2, -0.15) is 0 Å². The monoisotopic (exact) mass is 480 g/mol. The van der Waals surface area contributed by atoms with Gasteiger partial charge < -0.3 is 4.74 Å². The van der Waals surface area contributed by atoms with E-state index < -0.39 is 0 Å². The third kappa shape index (κ3) is 3.29. The summed E-state index contributed by atoms with van der Waals surface area (Å²) in [5.41, 5.74) is 2.43. The maximum atomic E-state index is 13.8. The summed E-state index contributed by atoms with van der Waals surface area (Å²) >= 11 is 0. The minimum absolute atomic E-state index is 0.0411. The van der Waals surface area contributed by atoms with E-state index in [0.717, 1.165) is 31.6 Å². The molecule has 0 aromatic rings. The maximum absolute atomic E-state index is 13.8. The minimum atomic E-state index is -0.318. The zero-order chi connectivity index (χ0) is 25.6. The molecule has 0 aromatic carbocycles. The topological polar surface area (TPSA) is 26.3 Å². The Morgan fingerprint density at radius 3 is 2.37 bits per heavy atom. The SMILES string of the molecule is CC(C)OC(=O)[C@]12CC[C@@H](C)[C@H](C)[C@H]1C1=CC[C@@H]3[C@@]4(C)CC=CC(C)(C)[C@@H]4CC[C@@]3(C)[C@]1(C)CC2. The number of hydrogen-bond acceptors (Lipinski definition) is 2. The summed E-state index contributed by atoms with van der Waals surface area (Å²) in [6.07, 6.45) is 17.0. The average Bonchev–Trinajstić information content (AvgIpc) is 2.75. The lowest BCUT2D eigenvalue weighted by Gasteiger charge is -2.70. The average molecular weight is 481 g/mol. The molecule has 0 unspecified atom stereocenters. The number of ether oxygens (including phenoxy) is 1. The summed E-state index contributed by atoms with van der Waals surface area (Å²) in [4.78, 5) is 13.8. The number of rotatable bonds is 2. The van der Waals surface area contributed by atoms with Crippen LogP contribution in [0.15, 0.2) is 23.8 Å². The normalized spacial score (nSPS) is 50.3. The molecule has 0 aromatic heterocycles.